The zero-order valence-corrected chi connectivity index (χ0v) is 15.1. The number of primary amides is 1. The molecule has 1 aliphatic heterocycles. The van der Waals surface area contributed by atoms with Crippen LogP contribution in [0, 0.1) is 5.92 Å². The van der Waals surface area contributed by atoms with Gasteiger partial charge in [-0.3, -0.25) is 4.79 Å². The van der Waals surface area contributed by atoms with Gasteiger partial charge in [-0.1, -0.05) is 41.5 Å². The van der Waals surface area contributed by atoms with Crippen LogP contribution in [-0.4, -0.2) is 28.9 Å². The summed E-state index contributed by atoms with van der Waals surface area (Å²) in [6.07, 6.45) is 1.42. The van der Waals surface area contributed by atoms with Crippen LogP contribution >= 0.6 is 35.4 Å². The van der Waals surface area contributed by atoms with Crippen LogP contribution in [0.4, 0.5) is 0 Å². The Balaban J connectivity index is 1.75. The number of halogens is 2. The number of nitrogens with zero attached hydrogens (tertiary/aromatic N) is 1. The Morgan fingerprint density at radius 3 is 2.58 bits per heavy atom. The average Bonchev–Trinajstić information content (AvgIpc) is 3.06. The van der Waals surface area contributed by atoms with Crippen LogP contribution in [0.2, 0.25) is 10.0 Å². The minimum atomic E-state index is -0.239. The van der Waals surface area contributed by atoms with Gasteiger partial charge in [0.2, 0.25) is 5.91 Å². The molecule has 0 bridgehead atoms. The molecule has 0 unspecified atom stereocenters. The molecule has 1 aromatic heterocycles. The van der Waals surface area contributed by atoms with Crippen molar-refractivity contribution in [3.63, 3.8) is 0 Å². The predicted octanol–water partition coefficient (Wildman–Crippen LogP) is 4.13. The summed E-state index contributed by atoms with van der Waals surface area (Å²) in [6.45, 7) is 1.39. The fourth-order valence-corrected chi connectivity index (χ4v) is 3.50. The molecular formula is C17H16Cl2N2O2S. The number of nitrogens with two attached hydrogens (primary N) is 1. The highest BCUT2D eigenvalue weighted by Gasteiger charge is 2.26. The largest absolute Gasteiger partial charge is 0.454 e. The number of hydrogen-bond donors (Lipinski definition) is 1. The molecule has 2 aromatic rings. The molecule has 2 N–H and O–H groups in total. The summed E-state index contributed by atoms with van der Waals surface area (Å²) in [5.74, 6) is 0.915. The smallest absolute Gasteiger partial charge is 0.220 e. The van der Waals surface area contributed by atoms with E-state index in [1.807, 2.05) is 29.2 Å². The molecular weight excluding hydrogens is 367 g/mol. The number of likely N-dealkylation sites (tertiary alicyclic amines) is 1. The normalized spacial score (nSPS) is 15.5. The number of piperidine rings is 1. The maximum Gasteiger partial charge on any atom is 0.220 e. The van der Waals surface area contributed by atoms with Gasteiger partial charge in [0, 0.05) is 24.6 Å². The predicted molar refractivity (Wildman–Crippen MR) is 99.4 cm³/mol. The van der Waals surface area contributed by atoms with Gasteiger partial charge in [0.25, 0.3) is 0 Å². The van der Waals surface area contributed by atoms with Crippen LogP contribution in [0.15, 0.2) is 34.7 Å². The number of carbonyl (C=O) groups is 1. The summed E-state index contributed by atoms with van der Waals surface area (Å²) in [6, 6.07) is 9.05. The molecule has 126 valence electrons. The Labute approximate surface area is 155 Å². The Morgan fingerprint density at radius 2 is 1.92 bits per heavy atom. The van der Waals surface area contributed by atoms with Crippen molar-refractivity contribution < 1.29 is 9.21 Å². The lowest BCUT2D eigenvalue weighted by Gasteiger charge is -2.31. The molecule has 3 rings (SSSR count). The van der Waals surface area contributed by atoms with Crippen LogP contribution in [0.3, 0.4) is 0 Å². The van der Waals surface area contributed by atoms with Crippen LogP contribution in [-0.2, 0) is 4.79 Å². The molecule has 1 aliphatic rings. The van der Waals surface area contributed by atoms with E-state index in [-0.39, 0.29) is 11.8 Å². The lowest BCUT2D eigenvalue weighted by Crippen LogP contribution is -2.41. The van der Waals surface area contributed by atoms with Gasteiger partial charge in [-0.05, 0) is 37.1 Å². The van der Waals surface area contributed by atoms with E-state index in [0.29, 0.717) is 52.5 Å². The number of rotatable bonds is 3. The van der Waals surface area contributed by atoms with Gasteiger partial charge < -0.3 is 15.1 Å². The van der Waals surface area contributed by atoms with Gasteiger partial charge in [0.1, 0.15) is 10.7 Å². The summed E-state index contributed by atoms with van der Waals surface area (Å²) >= 11 is 17.8. The van der Waals surface area contributed by atoms with E-state index in [1.54, 1.807) is 6.07 Å². The monoisotopic (exact) mass is 382 g/mol. The van der Waals surface area contributed by atoms with Crippen molar-refractivity contribution in [3.05, 3.63) is 46.1 Å². The molecule has 0 atom stereocenters. The Kier molecular flexibility index (Phi) is 5.13. The first-order chi connectivity index (χ1) is 11.5. The number of hydrogen-bond acceptors (Lipinski definition) is 3. The highest BCUT2D eigenvalue weighted by atomic mass is 35.5. The molecule has 1 saturated heterocycles. The molecule has 0 radical (unpaired) electrons. The van der Waals surface area contributed by atoms with E-state index in [1.165, 1.54) is 0 Å². The zero-order chi connectivity index (χ0) is 17.3. The fourth-order valence-electron chi connectivity index (χ4n) is 2.81. The minimum absolute atomic E-state index is 0.0681. The van der Waals surface area contributed by atoms with E-state index in [9.17, 15) is 4.79 Å². The maximum atomic E-state index is 11.2. The van der Waals surface area contributed by atoms with Crippen LogP contribution in [0.5, 0.6) is 0 Å². The van der Waals surface area contributed by atoms with Crippen molar-refractivity contribution in [2.24, 2.45) is 11.7 Å². The molecule has 4 nitrogen and oxygen atoms in total. The van der Waals surface area contributed by atoms with Crippen molar-refractivity contribution >= 4 is 46.3 Å². The van der Waals surface area contributed by atoms with Gasteiger partial charge in [-0.15, -0.1) is 0 Å². The molecule has 1 fully saturated rings. The third kappa shape index (κ3) is 3.43. The Bertz CT molecular complexity index is 783. The van der Waals surface area contributed by atoms with Crippen molar-refractivity contribution in [1.29, 1.82) is 0 Å². The number of amides is 1. The second-order valence-electron chi connectivity index (χ2n) is 5.73. The summed E-state index contributed by atoms with van der Waals surface area (Å²) < 4.78 is 5.88. The lowest BCUT2D eigenvalue weighted by molar-refractivity contribution is -0.122. The van der Waals surface area contributed by atoms with Crippen LogP contribution in [0.25, 0.3) is 11.3 Å². The number of thiocarbonyl (C=S) groups is 1. The zero-order valence-electron chi connectivity index (χ0n) is 12.8. The standard InChI is InChI=1S/C17H16Cl2N2O2S/c18-12-3-1-2-11(15(12)19)13-4-5-14(23-13)17(24)21-8-6-10(7-9-21)16(20)22/h1-5,10H,6-9H2,(H2,20,22). The maximum absolute atomic E-state index is 11.2. The highest BCUT2D eigenvalue weighted by Crippen LogP contribution is 2.34. The van der Waals surface area contributed by atoms with E-state index in [4.69, 9.17) is 45.6 Å². The second-order valence-corrected chi connectivity index (χ2v) is 6.91. The van der Waals surface area contributed by atoms with Crippen LogP contribution < -0.4 is 5.73 Å². The molecule has 0 saturated carbocycles. The summed E-state index contributed by atoms with van der Waals surface area (Å²) in [5, 5.41) is 0.927. The second kappa shape index (κ2) is 7.13. The van der Waals surface area contributed by atoms with Gasteiger partial charge in [-0.25, -0.2) is 0 Å². The first-order valence-electron chi connectivity index (χ1n) is 7.60. The van der Waals surface area contributed by atoms with Gasteiger partial charge in [-0.2, -0.15) is 0 Å². The molecule has 7 heteroatoms. The van der Waals surface area contributed by atoms with E-state index < -0.39 is 0 Å². The van der Waals surface area contributed by atoms with Gasteiger partial charge in [0.05, 0.1) is 10.0 Å². The van der Waals surface area contributed by atoms with E-state index in [0.717, 1.165) is 5.56 Å². The van der Waals surface area contributed by atoms with Crippen molar-refractivity contribution in [2.75, 3.05) is 13.1 Å². The van der Waals surface area contributed by atoms with Gasteiger partial charge >= 0.3 is 0 Å². The first kappa shape index (κ1) is 17.3. The molecule has 2 heterocycles. The third-order valence-corrected chi connectivity index (χ3v) is 5.50. The SMILES string of the molecule is NC(=O)C1CCN(C(=S)c2ccc(-c3cccc(Cl)c3Cl)o2)CC1. The third-order valence-electron chi connectivity index (χ3n) is 4.22. The molecule has 0 spiro atoms. The quantitative estimate of drug-likeness (QED) is 0.810. The topological polar surface area (TPSA) is 59.5 Å². The summed E-state index contributed by atoms with van der Waals surface area (Å²) in [4.78, 5) is 13.9. The fraction of sp³-hybridized carbons (Fsp3) is 0.294. The van der Waals surface area contributed by atoms with Crippen molar-refractivity contribution in [2.45, 2.75) is 12.8 Å². The van der Waals surface area contributed by atoms with E-state index >= 15 is 0 Å². The van der Waals surface area contributed by atoms with E-state index in [2.05, 4.69) is 0 Å². The molecule has 1 aromatic carbocycles. The summed E-state index contributed by atoms with van der Waals surface area (Å²) in [5.41, 5.74) is 6.09. The van der Waals surface area contributed by atoms with Crippen LogP contribution in [0.1, 0.15) is 18.6 Å². The molecule has 24 heavy (non-hydrogen) atoms. The van der Waals surface area contributed by atoms with Gasteiger partial charge in [0.15, 0.2) is 5.76 Å². The van der Waals surface area contributed by atoms with Crippen molar-refractivity contribution in [3.8, 4) is 11.3 Å². The molecule has 0 aliphatic carbocycles. The number of benzene rings is 1. The number of furan rings is 1. The lowest BCUT2D eigenvalue weighted by atomic mass is 9.96. The Morgan fingerprint density at radius 1 is 1.21 bits per heavy atom. The summed E-state index contributed by atoms with van der Waals surface area (Å²) in [7, 11) is 0. The Hall–Kier alpha value is -1.56. The first-order valence-corrected chi connectivity index (χ1v) is 8.76. The average molecular weight is 383 g/mol. The van der Waals surface area contributed by atoms with Crippen molar-refractivity contribution in [1.82, 2.24) is 4.90 Å². The minimum Gasteiger partial charge on any atom is -0.454 e. The highest BCUT2D eigenvalue weighted by molar-refractivity contribution is 7.80. The number of carbonyl (C=O) groups excluding carboxylic acids is 1. The molecule has 1 amide bonds.